The summed E-state index contributed by atoms with van der Waals surface area (Å²) in [4.78, 5) is 31.9. The maximum Gasteiger partial charge on any atom is 0.317 e. The van der Waals surface area contributed by atoms with Gasteiger partial charge in [-0.15, -0.1) is 0 Å². The van der Waals surface area contributed by atoms with Crippen LogP contribution in [0.2, 0.25) is 0 Å². The third-order valence-corrected chi connectivity index (χ3v) is 3.47. The van der Waals surface area contributed by atoms with Gasteiger partial charge in [0.15, 0.2) is 0 Å². The molecule has 0 bridgehead atoms. The van der Waals surface area contributed by atoms with E-state index in [9.17, 15) is 9.59 Å². The second-order valence-corrected chi connectivity index (χ2v) is 5.43. The first-order valence-corrected chi connectivity index (χ1v) is 7.07. The summed E-state index contributed by atoms with van der Waals surface area (Å²) in [7, 11) is 1.57. The van der Waals surface area contributed by atoms with Crippen molar-refractivity contribution in [1.29, 1.82) is 0 Å². The molecule has 118 valence electrons. The minimum atomic E-state index is -0.926. The van der Waals surface area contributed by atoms with Gasteiger partial charge in [-0.05, 0) is 19.1 Å². The summed E-state index contributed by atoms with van der Waals surface area (Å²) in [5.41, 5.74) is 1.75. The van der Waals surface area contributed by atoms with Gasteiger partial charge in [0.05, 0.1) is 23.0 Å². The van der Waals surface area contributed by atoms with Crippen molar-refractivity contribution < 1.29 is 14.7 Å². The van der Waals surface area contributed by atoms with Gasteiger partial charge in [-0.1, -0.05) is 19.1 Å². The second-order valence-electron chi connectivity index (χ2n) is 5.43. The molecule has 0 radical (unpaired) electrons. The van der Waals surface area contributed by atoms with Gasteiger partial charge in [0.25, 0.3) is 0 Å². The highest BCUT2D eigenvalue weighted by molar-refractivity contribution is 5.77. The second kappa shape index (κ2) is 6.46. The lowest BCUT2D eigenvalue weighted by Gasteiger charge is -2.22. The van der Waals surface area contributed by atoms with Crippen LogP contribution in [0.15, 0.2) is 24.3 Å². The van der Waals surface area contributed by atoms with Crippen LogP contribution in [0.5, 0.6) is 0 Å². The predicted octanol–water partition coefficient (Wildman–Crippen LogP) is 1.99. The Bertz CT molecular complexity index is 649. The van der Waals surface area contributed by atoms with E-state index in [4.69, 9.17) is 5.11 Å². The van der Waals surface area contributed by atoms with Crippen LogP contribution in [0.4, 0.5) is 4.79 Å². The number of hydrogen-bond acceptors (Lipinski definition) is 3. The van der Waals surface area contributed by atoms with Gasteiger partial charge >= 0.3 is 12.0 Å². The average molecular weight is 304 g/mol. The molecule has 0 aliphatic heterocycles. The Hall–Kier alpha value is -2.57. The van der Waals surface area contributed by atoms with Crippen molar-refractivity contribution in [1.82, 2.24) is 20.2 Å². The van der Waals surface area contributed by atoms with Crippen LogP contribution in [0.25, 0.3) is 11.0 Å². The van der Waals surface area contributed by atoms with Crippen LogP contribution in [-0.2, 0) is 4.79 Å². The minimum absolute atomic E-state index is 0.147. The topological polar surface area (TPSA) is 98.3 Å². The fourth-order valence-electron chi connectivity index (χ4n) is 2.11. The van der Waals surface area contributed by atoms with Gasteiger partial charge in [0, 0.05) is 13.6 Å². The Labute approximate surface area is 128 Å². The molecule has 1 heterocycles. The highest BCUT2D eigenvalue weighted by Gasteiger charge is 2.20. The molecule has 0 aliphatic carbocycles. The summed E-state index contributed by atoms with van der Waals surface area (Å²) < 4.78 is 0. The van der Waals surface area contributed by atoms with E-state index in [0.29, 0.717) is 5.82 Å². The van der Waals surface area contributed by atoms with E-state index < -0.39 is 11.9 Å². The van der Waals surface area contributed by atoms with Crippen LogP contribution in [0, 0.1) is 5.92 Å². The van der Waals surface area contributed by atoms with Crippen molar-refractivity contribution >= 4 is 23.0 Å². The van der Waals surface area contributed by atoms with E-state index in [0.717, 1.165) is 11.0 Å². The van der Waals surface area contributed by atoms with Crippen molar-refractivity contribution in [3.05, 3.63) is 30.1 Å². The number of carboxylic acids is 1. The largest absolute Gasteiger partial charge is 0.481 e. The molecule has 2 aromatic rings. The molecule has 2 atom stereocenters. The van der Waals surface area contributed by atoms with Gasteiger partial charge < -0.3 is 20.3 Å². The molecule has 2 rings (SSSR count). The third-order valence-electron chi connectivity index (χ3n) is 3.47. The number of benzene rings is 1. The van der Waals surface area contributed by atoms with Crippen molar-refractivity contribution in [3.8, 4) is 0 Å². The lowest BCUT2D eigenvalue weighted by atomic mass is 10.2. The quantitative estimate of drug-likeness (QED) is 0.786. The highest BCUT2D eigenvalue weighted by atomic mass is 16.4. The summed E-state index contributed by atoms with van der Waals surface area (Å²) in [5.74, 6) is -0.878. The van der Waals surface area contributed by atoms with Gasteiger partial charge in [0.1, 0.15) is 5.82 Å². The summed E-state index contributed by atoms with van der Waals surface area (Å²) in [5, 5.41) is 11.7. The van der Waals surface area contributed by atoms with E-state index in [1.54, 1.807) is 14.0 Å². The van der Waals surface area contributed by atoms with Crippen molar-refractivity contribution in [2.24, 2.45) is 5.92 Å². The Morgan fingerprint density at radius 3 is 2.68 bits per heavy atom. The molecule has 1 aromatic carbocycles. The van der Waals surface area contributed by atoms with Crippen molar-refractivity contribution in [3.63, 3.8) is 0 Å². The monoisotopic (exact) mass is 304 g/mol. The number of H-pyrrole nitrogens is 1. The van der Waals surface area contributed by atoms with Crippen LogP contribution < -0.4 is 5.32 Å². The van der Waals surface area contributed by atoms with E-state index in [2.05, 4.69) is 15.3 Å². The zero-order chi connectivity index (χ0) is 16.3. The lowest BCUT2D eigenvalue weighted by molar-refractivity contribution is -0.141. The number of carbonyl (C=O) groups excluding carboxylic acids is 1. The fraction of sp³-hybridized carbons (Fsp3) is 0.400. The SMILES string of the molecule is CC(CN(C)C(=O)NC(C)c1nc2ccccc2[nH]1)C(=O)O. The molecule has 0 aliphatic rings. The number of rotatable bonds is 5. The van der Waals surface area contributed by atoms with Crippen LogP contribution in [0.3, 0.4) is 0 Å². The maximum atomic E-state index is 12.1. The normalized spacial score (nSPS) is 13.6. The first kappa shape index (κ1) is 15.8. The molecular weight excluding hydrogens is 284 g/mol. The number of aliphatic carboxylic acids is 1. The van der Waals surface area contributed by atoms with Crippen LogP contribution >= 0.6 is 0 Å². The molecule has 0 spiro atoms. The van der Waals surface area contributed by atoms with Gasteiger partial charge in [-0.3, -0.25) is 4.79 Å². The molecule has 0 saturated heterocycles. The van der Waals surface area contributed by atoms with Gasteiger partial charge in [-0.25, -0.2) is 9.78 Å². The number of nitrogens with zero attached hydrogens (tertiary/aromatic N) is 2. The number of urea groups is 1. The zero-order valence-corrected chi connectivity index (χ0v) is 12.8. The standard InChI is InChI=1S/C15H20N4O3/c1-9(14(20)21)8-19(3)15(22)16-10(2)13-17-11-6-4-5-7-12(11)18-13/h4-7,9-10H,8H2,1-3H3,(H,16,22)(H,17,18)(H,20,21). The number of carboxylic acid groups (broad SMARTS) is 1. The number of hydrogen-bond donors (Lipinski definition) is 3. The predicted molar refractivity (Wildman–Crippen MR) is 82.5 cm³/mol. The number of aromatic nitrogens is 2. The minimum Gasteiger partial charge on any atom is -0.481 e. The van der Waals surface area contributed by atoms with Crippen molar-refractivity contribution in [2.45, 2.75) is 19.9 Å². The highest BCUT2D eigenvalue weighted by Crippen LogP contribution is 2.15. The molecule has 2 unspecified atom stereocenters. The van der Waals surface area contributed by atoms with E-state index in [-0.39, 0.29) is 18.6 Å². The Balaban J connectivity index is 1.99. The first-order valence-electron chi connectivity index (χ1n) is 7.07. The summed E-state index contributed by atoms with van der Waals surface area (Å²) in [6, 6.07) is 6.99. The van der Waals surface area contributed by atoms with E-state index in [1.165, 1.54) is 4.90 Å². The molecule has 2 amide bonds. The molecule has 3 N–H and O–H groups in total. The first-order chi connectivity index (χ1) is 10.4. The van der Waals surface area contributed by atoms with Crippen LogP contribution in [0.1, 0.15) is 25.7 Å². The van der Waals surface area contributed by atoms with Gasteiger partial charge in [-0.2, -0.15) is 0 Å². The molecule has 7 nitrogen and oxygen atoms in total. The zero-order valence-electron chi connectivity index (χ0n) is 12.8. The van der Waals surface area contributed by atoms with E-state index in [1.807, 2.05) is 31.2 Å². The van der Waals surface area contributed by atoms with Gasteiger partial charge in [0.2, 0.25) is 0 Å². The van der Waals surface area contributed by atoms with Crippen LogP contribution in [-0.4, -0.2) is 45.6 Å². The number of para-hydroxylation sites is 2. The number of amides is 2. The number of imidazole rings is 1. The average Bonchev–Trinajstić information content (AvgIpc) is 2.90. The summed E-state index contributed by atoms with van der Waals surface area (Å²) in [6.45, 7) is 3.53. The van der Waals surface area contributed by atoms with Crippen molar-refractivity contribution in [2.75, 3.05) is 13.6 Å². The lowest BCUT2D eigenvalue weighted by Crippen LogP contribution is -2.41. The Morgan fingerprint density at radius 2 is 2.05 bits per heavy atom. The number of carbonyl (C=O) groups is 2. The summed E-state index contributed by atoms with van der Waals surface area (Å²) in [6.07, 6.45) is 0. The molecule has 7 heteroatoms. The number of fused-ring (bicyclic) bond motifs is 1. The Kier molecular flexibility index (Phi) is 4.65. The summed E-state index contributed by atoms with van der Waals surface area (Å²) >= 11 is 0. The molecule has 22 heavy (non-hydrogen) atoms. The number of nitrogens with one attached hydrogen (secondary N) is 2. The smallest absolute Gasteiger partial charge is 0.317 e. The fourth-order valence-corrected chi connectivity index (χ4v) is 2.11. The molecular formula is C15H20N4O3. The molecule has 1 aromatic heterocycles. The molecule has 0 fully saturated rings. The van der Waals surface area contributed by atoms with E-state index >= 15 is 0 Å². The number of aromatic amines is 1. The Morgan fingerprint density at radius 1 is 1.36 bits per heavy atom. The maximum absolute atomic E-state index is 12.1. The third kappa shape index (κ3) is 3.55. The molecule has 0 saturated carbocycles.